The maximum atomic E-state index is 10.2. The van der Waals surface area contributed by atoms with E-state index in [2.05, 4.69) is 19.9 Å². The summed E-state index contributed by atoms with van der Waals surface area (Å²) in [4.78, 5) is 18.5. The van der Waals surface area contributed by atoms with Gasteiger partial charge in [0.15, 0.2) is 22.8 Å². The van der Waals surface area contributed by atoms with Crippen molar-refractivity contribution in [3.63, 3.8) is 0 Å². The van der Waals surface area contributed by atoms with E-state index < -0.39 is 6.10 Å². The van der Waals surface area contributed by atoms with Crippen LogP contribution in [-0.4, -0.2) is 50.6 Å². The van der Waals surface area contributed by atoms with Gasteiger partial charge in [0.05, 0.1) is 6.10 Å². The van der Waals surface area contributed by atoms with Gasteiger partial charge < -0.3 is 27.2 Å². The Morgan fingerprint density at radius 2 is 1.64 bits per heavy atom. The molecule has 3 rings (SSSR count). The second-order valence-electron chi connectivity index (χ2n) is 6.00. The van der Waals surface area contributed by atoms with Crippen LogP contribution in [0.25, 0.3) is 22.4 Å². The van der Waals surface area contributed by atoms with Crippen molar-refractivity contribution >= 4 is 28.7 Å². The molecule has 9 nitrogen and oxygen atoms in total. The summed E-state index contributed by atoms with van der Waals surface area (Å²) in [5.41, 5.74) is 20.1. The van der Waals surface area contributed by atoms with Gasteiger partial charge in [-0.2, -0.15) is 9.97 Å². The average molecular weight is 340 g/mol. The zero-order valence-corrected chi connectivity index (χ0v) is 14.0. The lowest BCUT2D eigenvalue weighted by Gasteiger charge is -2.16. The number of fused-ring (bicyclic) bond motifs is 1. The van der Waals surface area contributed by atoms with Gasteiger partial charge in [0.1, 0.15) is 5.69 Å². The first-order valence-corrected chi connectivity index (χ1v) is 7.64. The first kappa shape index (κ1) is 16.8. The summed E-state index contributed by atoms with van der Waals surface area (Å²) < 4.78 is 0. The van der Waals surface area contributed by atoms with Crippen LogP contribution in [0.2, 0.25) is 0 Å². The van der Waals surface area contributed by atoms with Gasteiger partial charge in [-0.3, -0.25) is 0 Å². The minimum Gasteiger partial charge on any atom is -0.387 e. The second-order valence-corrected chi connectivity index (χ2v) is 6.00. The lowest BCUT2D eigenvalue weighted by Crippen LogP contribution is -2.19. The van der Waals surface area contributed by atoms with Gasteiger partial charge in [-0.05, 0) is 19.7 Å². The van der Waals surface area contributed by atoms with E-state index in [-0.39, 0.29) is 23.2 Å². The topological polar surface area (TPSA) is 153 Å². The number of hydrogen-bond donors (Lipinski definition) is 4. The third-order valence-electron chi connectivity index (χ3n) is 3.71. The summed E-state index contributed by atoms with van der Waals surface area (Å²) in [5.74, 6) is 0.381. The van der Waals surface area contributed by atoms with E-state index in [1.165, 1.54) is 0 Å². The van der Waals surface area contributed by atoms with Crippen molar-refractivity contribution in [1.29, 1.82) is 0 Å². The second kappa shape index (κ2) is 6.46. The Kier molecular flexibility index (Phi) is 4.34. The molecule has 0 aliphatic heterocycles. The summed E-state index contributed by atoms with van der Waals surface area (Å²) in [7, 11) is 3.81. The highest BCUT2D eigenvalue weighted by molar-refractivity contribution is 5.87. The number of anilines is 3. The van der Waals surface area contributed by atoms with Gasteiger partial charge in [0.25, 0.3) is 0 Å². The summed E-state index contributed by atoms with van der Waals surface area (Å²) in [6.07, 6.45) is -0.573. The number of aliphatic hydroxyl groups is 1. The normalized spacial score (nSPS) is 12.6. The van der Waals surface area contributed by atoms with Gasteiger partial charge in [-0.1, -0.05) is 24.3 Å². The molecule has 0 aliphatic rings. The predicted octanol–water partition coefficient (Wildman–Crippen LogP) is 0.428. The molecule has 25 heavy (non-hydrogen) atoms. The van der Waals surface area contributed by atoms with Gasteiger partial charge >= 0.3 is 0 Å². The van der Waals surface area contributed by atoms with E-state index in [9.17, 15) is 5.11 Å². The van der Waals surface area contributed by atoms with E-state index in [0.717, 1.165) is 11.1 Å². The largest absolute Gasteiger partial charge is 0.387 e. The number of aliphatic hydroxyl groups excluding tert-OH is 1. The molecule has 2 heterocycles. The maximum absolute atomic E-state index is 10.2. The molecule has 0 aliphatic carbocycles. The summed E-state index contributed by atoms with van der Waals surface area (Å²) in [6, 6.07) is 7.32. The smallest absolute Gasteiger partial charge is 0.224 e. The van der Waals surface area contributed by atoms with Crippen LogP contribution in [-0.2, 0) is 0 Å². The van der Waals surface area contributed by atoms with Crippen LogP contribution in [0.1, 0.15) is 11.7 Å². The standard InChI is InChI=1S/C16H20N8O/c1-24(2)7-10(25)8-3-5-9(6-4-8)11-13(17)21-15-12(20-11)14(18)22-16(19)23-15/h3-6,10,25H,7H2,1-2H3,(H6,17,18,19,21,22,23). The van der Waals surface area contributed by atoms with Crippen LogP contribution >= 0.6 is 0 Å². The number of nitrogens with zero attached hydrogens (tertiary/aromatic N) is 5. The Morgan fingerprint density at radius 1 is 0.960 bits per heavy atom. The van der Waals surface area contributed by atoms with Crippen molar-refractivity contribution in [3.8, 4) is 11.3 Å². The highest BCUT2D eigenvalue weighted by atomic mass is 16.3. The molecule has 130 valence electrons. The molecular formula is C16H20N8O. The lowest BCUT2D eigenvalue weighted by molar-refractivity contribution is 0.138. The molecule has 0 saturated heterocycles. The number of nitrogens with two attached hydrogens (primary N) is 3. The van der Waals surface area contributed by atoms with Crippen molar-refractivity contribution < 1.29 is 5.11 Å². The Bertz CT molecular complexity index is 910. The Balaban J connectivity index is 2.00. The molecular weight excluding hydrogens is 320 g/mol. The molecule has 0 radical (unpaired) electrons. The summed E-state index contributed by atoms with van der Waals surface area (Å²) in [5, 5.41) is 10.2. The molecule has 2 aromatic heterocycles. The number of rotatable bonds is 4. The number of hydrogen-bond acceptors (Lipinski definition) is 9. The van der Waals surface area contributed by atoms with Crippen LogP contribution in [0.5, 0.6) is 0 Å². The number of nitrogen functional groups attached to an aromatic ring is 3. The molecule has 9 heteroatoms. The molecule has 0 fully saturated rings. The SMILES string of the molecule is CN(C)CC(O)c1ccc(-c2nc3c(N)nc(N)nc3nc2N)cc1. The zero-order chi connectivity index (χ0) is 18.1. The van der Waals surface area contributed by atoms with E-state index in [0.29, 0.717) is 17.8 Å². The lowest BCUT2D eigenvalue weighted by atomic mass is 10.0. The highest BCUT2D eigenvalue weighted by Gasteiger charge is 2.14. The summed E-state index contributed by atoms with van der Waals surface area (Å²) in [6.45, 7) is 0.534. The molecule has 7 N–H and O–H groups in total. The third kappa shape index (κ3) is 3.42. The number of likely N-dealkylation sites (N-methyl/N-ethyl adjacent to an activating group) is 1. The minimum atomic E-state index is -0.573. The van der Waals surface area contributed by atoms with Gasteiger partial charge in [-0.15, -0.1) is 0 Å². The van der Waals surface area contributed by atoms with E-state index in [1.807, 2.05) is 43.3 Å². The molecule has 0 bridgehead atoms. The van der Waals surface area contributed by atoms with Gasteiger partial charge in [0, 0.05) is 12.1 Å². The van der Waals surface area contributed by atoms with Crippen molar-refractivity contribution in [2.45, 2.75) is 6.10 Å². The average Bonchev–Trinajstić information content (AvgIpc) is 2.53. The number of aromatic nitrogens is 4. The monoisotopic (exact) mass is 340 g/mol. The molecule has 0 amide bonds. The Labute approximate surface area is 144 Å². The molecule has 1 unspecified atom stereocenters. The van der Waals surface area contributed by atoms with E-state index >= 15 is 0 Å². The quantitative estimate of drug-likeness (QED) is 0.529. The fourth-order valence-corrected chi connectivity index (χ4v) is 2.53. The van der Waals surface area contributed by atoms with Crippen LogP contribution in [0.4, 0.5) is 17.6 Å². The van der Waals surface area contributed by atoms with Crippen LogP contribution in [0, 0.1) is 0 Å². The highest BCUT2D eigenvalue weighted by Crippen LogP contribution is 2.27. The van der Waals surface area contributed by atoms with Gasteiger partial charge in [0.2, 0.25) is 5.95 Å². The van der Waals surface area contributed by atoms with Crippen LogP contribution in [0.3, 0.4) is 0 Å². The Morgan fingerprint density at radius 3 is 2.28 bits per heavy atom. The predicted molar refractivity (Wildman–Crippen MR) is 97.3 cm³/mol. The molecule has 3 aromatic rings. The minimum absolute atomic E-state index is 0.0192. The first-order valence-electron chi connectivity index (χ1n) is 7.64. The molecule has 1 aromatic carbocycles. The number of benzene rings is 1. The van der Waals surface area contributed by atoms with E-state index in [4.69, 9.17) is 17.2 Å². The first-order chi connectivity index (χ1) is 11.8. The fraction of sp³-hybridized carbons (Fsp3) is 0.250. The van der Waals surface area contributed by atoms with Crippen molar-refractivity contribution in [2.24, 2.45) is 0 Å². The Hall–Kier alpha value is -3.04. The molecule has 0 spiro atoms. The fourth-order valence-electron chi connectivity index (χ4n) is 2.53. The third-order valence-corrected chi connectivity index (χ3v) is 3.71. The van der Waals surface area contributed by atoms with Crippen molar-refractivity contribution in [2.75, 3.05) is 37.8 Å². The van der Waals surface area contributed by atoms with Crippen molar-refractivity contribution in [3.05, 3.63) is 29.8 Å². The van der Waals surface area contributed by atoms with Crippen molar-refractivity contribution in [1.82, 2.24) is 24.8 Å². The van der Waals surface area contributed by atoms with Crippen LogP contribution in [0.15, 0.2) is 24.3 Å². The van der Waals surface area contributed by atoms with Gasteiger partial charge in [-0.25, -0.2) is 9.97 Å². The zero-order valence-electron chi connectivity index (χ0n) is 14.0. The van der Waals surface area contributed by atoms with Crippen LogP contribution < -0.4 is 17.2 Å². The molecule has 0 saturated carbocycles. The maximum Gasteiger partial charge on any atom is 0.224 e. The van der Waals surface area contributed by atoms with E-state index in [1.54, 1.807) is 0 Å². The summed E-state index contributed by atoms with van der Waals surface area (Å²) >= 11 is 0. The molecule has 1 atom stereocenters.